The molecule has 23 heavy (non-hydrogen) atoms. The fraction of sp³-hybridized carbons (Fsp3) is 0.133. The Morgan fingerprint density at radius 3 is 2.48 bits per heavy atom. The van der Waals surface area contributed by atoms with Gasteiger partial charge in [-0.25, -0.2) is 14.6 Å². The lowest BCUT2D eigenvalue weighted by Crippen LogP contribution is -2.13. The summed E-state index contributed by atoms with van der Waals surface area (Å²) in [5.41, 5.74) is 2.78. The van der Waals surface area contributed by atoms with Crippen LogP contribution in [0.4, 0.5) is 5.69 Å². The van der Waals surface area contributed by atoms with Gasteiger partial charge >= 0.3 is 0 Å². The number of halogens is 1. The smallest absolute Gasteiger partial charge is 0.257 e. The third-order valence-corrected chi connectivity index (χ3v) is 3.50. The first-order valence-electron chi connectivity index (χ1n) is 6.80. The van der Waals surface area contributed by atoms with Crippen molar-refractivity contribution in [2.75, 3.05) is 5.32 Å². The molecule has 0 aliphatic heterocycles. The maximum atomic E-state index is 12.1. The summed E-state index contributed by atoms with van der Waals surface area (Å²) in [7, 11) is 0. The third kappa shape index (κ3) is 3.42. The number of carbonyl (C=O) groups excluding carboxylic acids is 1. The van der Waals surface area contributed by atoms with Gasteiger partial charge in [-0.3, -0.25) is 9.78 Å². The van der Waals surface area contributed by atoms with Gasteiger partial charge in [0.15, 0.2) is 0 Å². The van der Waals surface area contributed by atoms with E-state index in [-0.39, 0.29) is 5.91 Å². The Labute approximate surface area is 140 Å². The van der Waals surface area contributed by atoms with E-state index in [9.17, 15) is 4.79 Å². The number of rotatable bonds is 3. The van der Waals surface area contributed by atoms with Crippen LogP contribution in [0, 0.1) is 13.8 Å². The average molecular weight is 373 g/mol. The van der Waals surface area contributed by atoms with Crippen LogP contribution in [0.1, 0.15) is 21.7 Å². The Morgan fingerprint density at radius 2 is 1.87 bits per heavy atom. The highest BCUT2D eigenvalue weighted by atomic mass is 79.9. The van der Waals surface area contributed by atoms with E-state index < -0.39 is 0 Å². The van der Waals surface area contributed by atoms with E-state index in [4.69, 9.17) is 0 Å². The van der Waals surface area contributed by atoms with Gasteiger partial charge in [-0.15, -0.1) is 0 Å². The SMILES string of the molecule is Cc1cc(C)n(-c2ncc(NC(=O)c3cncc(Br)c3)cn2)n1. The van der Waals surface area contributed by atoms with Crippen molar-refractivity contribution in [2.24, 2.45) is 0 Å². The molecular weight excluding hydrogens is 360 g/mol. The molecule has 3 aromatic rings. The highest BCUT2D eigenvalue weighted by molar-refractivity contribution is 9.10. The third-order valence-electron chi connectivity index (χ3n) is 3.06. The molecule has 1 amide bonds. The van der Waals surface area contributed by atoms with Crippen LogP contribution in [-0.4, -0.2) is 30.6 Å². The quantitative estimate of drug-likeness (QED) is 0.763. The number of hydrogen-bond acceptors (Lipinski definition) is 5. The van der Waals surface area contributed by atoms with E-state index in [1.165, 1.54) is 6.20 Å². The van der Waals surface area contributed by atoms with Gasteiger partial charge < -0.3 is 5.32 Å². The van der Waals surface area contributed by atoms with E-state index in [1.807, 2.05) is 19.9 Å². The lowest BCUT2D eigenvalue weighted by molar-refractivity contribution is 0.102. The Bertz CT molecular complexity index is 859. The molecule has 0 aliphatic rings. The Hall–Kier alpha value is -2.61. The molecule has 116 valence electrons. The fourth-order valence-corrected chi connectivity index (χ4v) is 2.43. The number of amides is 1. The van der Waals surface area contributed by atoms with Crippen molar-refractivity contribution in [3.05, 3.63) is 58.3 Å². The molecule has 3 rings (SSSR count). The number of nitrogens with zero attached hydrogens (tertiary/aromatic N) is 5. The zero-order valence-electron chi connectivity index (χ0n) is 12.5. The van der Waals surface area contributed by atoms with Crippen molar-refractivity contribution < 1.29 is 4.79 Å². The maximum Gasteiger partial charge on any atom is 0.257 e. The number of nitrogens with one attached hydrogen (secondary N) is 1. The molecule has 0 saturated heterocycles. The van der Waals surface area contributed by atoms with Crippen LogP contribution in [0.15, 0.2) is 41.4 Å². The second-order valence-electron chi connectivity index (χ2n) is 4.96. The molecule has 1 N–H and O–H groups in total. The summed E-state index contributed by atoms with van der Waals surface area (Å²) in [5, 5.41) is 7.05. The van der Waals surface area contributed by atoms with Gasteiger partial charge in [0, 0.05) is 22.6 Å². The van der Waals surface area contributed by atoms with E-state index in [0.717, 1.165) is 15.9 Å². The summed E-state index contributed by atoms with van der Waals surface area (Å²) in [6, 6.07) is 3.63. The highest BCUT2D eigenvalue weighted by Crippen LogP contribution is 2.13. The van der Waals surface area contributed by atoms with E-state index in [2.05, 4.69) is 41.3 Å². The predicted molar refractivity (Wildman–Crippen MR) is 88.5 cm³/mol. The largest absolute Gasteiger partial charge is 0.319 e. The molecule has 0 aromatic carbocycles. The normalized spacial score (nSPS) is 10.6. The summed E-state index contributed by atoms with van der Waals surface area (Å²) < 4.78 is 2.39. The zero-order chi connectivity index (χ0) is 16.4. The predicted octanol–water partition coefficient (Wildman–Crippen LogP) is 2.69. The molecule has 3 aromatic heterocycles. The first-order chi connectivity index (χ1) is 11.0. The minimum absolute atomic E-state index is 0.277. The number of aryl methyl sites for hydroxylation is 2. The van der Waals surface area contributed by atoms with Crippen molar-refractivity contribution in [1.82, 2.24) is 24.7 Å². The first kappa shape index (κ1) is 15.3. The van der Waals surface area contributed by atoms with Crippen molar-refractivity contribution >= 4 is 27.5 Å². The summed E-state index contributed by atoms with van der Waals surface area (Å²) >= 11 is 3.28. The summed E-state index contributed by atoms with van der Waals surface area (Å²) in [5.74, 6) is 0.180. The van der Waals surface area contributed by atoms with Gasteiger partial charge in [-0.1, -0.05) is 0 Å². The second-order valence-corrected chi connectivity index (χ2v) is 5.87. The molecule has 0 aliphatic carbocycles. The van der Waals surface area contributed by atoms with Gasteiger partial charge in [0.05, 0.1) is 29.3 Å². The number of aromatic nitrogens is 5. The minimum Gasteiger partial charge on any atom is -0.319 e. The van der Waals surface area contributed by atoms with E-state index in [0.29, 0.717) is 17.2 Å². The molecular formula is C15H13BrN6O. The van der Waals surface area contributed by atoms with Crippen molar-refractivity contribution in [3.63, 3.8) is 0 Å². The van der Waals surface area contributed by atoms with Crippen LogP contribution in [-0.2, 0) is 0 Å². The monoisotopic (exact) mass is 372 g/mol. The molecule has 0 radical (unpaired) electrons. The van der Waals surface area contributed by atoms with Gasteiger partial charge in [0.2, 0.25) is 0 Å². The van der Waals surface area contributed by atoms with Crippen molar-refractivity contribution in [3.8, 4) is 5.95 Å². The average Bonchev–Trinajstić information content (AvgIpc) is 2.86. The molecule has 0 fully saturated rings. The second kappa shape index (κ2) is 6.25. The van der Waals surface area contributed by atoms with E-state index >= 15 is 0 Å². The lowest BCUT2D eigenvalue weighted by Gasteiger charge is -2.06. The van der Waals surface area contributed by atoms with Crippen LogP contribution in [0.25, 0.3) is 5.95 Å². The molecule has 0 spiro atoms. The van der Waals surface area contributed by atoms with Crippen molar-refractivity contribution in [1.29, 1.82) is 0 Å². The topological polar surface area (TPSA) is 85.6 Å². The number of hydrogen-bond donors (Lipinski definition) is 1. The zero-order valence-corrected chi connectivity index (χ0v) is 14.1. The highest BCUT2D eigenvalue weighted by Gasteiger charge is 2.09. The Balaban J connectivity index is 1.77. The molecule has 0 unspecified atom stereocenters. The van der Waals surface area contributed by atoms with Crippen LogP contribution in [0.5, 0.6) is 0 Å². The van der Waals surface area contributed by atoms with Crippen LogP contribution < -0.4 is 5.32 Å². The number of anilines is 1. The van der Waals surface area contributed by atoms with Crippen molar-refractivity contribution in [2.45, 2.75) is 13.8 Å². The summed E-state index contributed by atoms with van der Waals surface area (Å²) in [6.07, 6.45) is 6.19. The molecule has 0 saturated carbocycles. The number of pyridine rings is 1. The maximum absolute atomic E-state index is 12.1. The van der Waals surface area contributed by atoms with E-state index in [1.54, 1.807) is 29.3 Å². The number of carbonyl (C=O) groups is 1. The first-order valence-corrected chi connectivity index (χ1v) is 7.60. The Morgan fingerprint density at radius 1 is 1.13 bits per heavy atom. The van der Waals surface area contributed by atoms with Gasteiger partial charge in [-0.05, 0) is 41.9 Å². The molecule has 3 heterocycles. The summed E-state index contributed by atoms with van der Waals surface area (Å²) in [6.45, 7) is 3.84. The lowest BCUT2D eigenvalue weighted by atomic mass is 10.2. The van der Waals surface area contributed by atoms with Crippen LogP contribution >= 0.6 is 15.9 Å². The van der Waals surface area contributed by atoms with Gasteiger partial charge in [-0.2, -0.15) is 5.10 Å². The van der Waals surface area contributed by atoms with Gasteiger partial charge in [0.1, 0.15) is 0 Å². The molecule has 0 atom stereocenters. The molecule has 7 nitrogen and oxygen atoms in total. The van der Waals surface area contributed by atoms with Crippen LogP contribution in [0.2, 0.25) is 0 Å². The fourth-order valence-electron chi connectivity index (χ4n) is 2.07. The standard InChI is InChI=1S/C15H13BrN6O/c1-9-3-10(2)22(21-9)15-18-7-13(8-19-15)20-14(23)11-4-12(16)6-17-5-11/h3-8H,1-2H3,(H,20,23). The minimum atomic E-state index is -0.277. The molecule has 0 bridgehead atoms. The molecule has 8 heteroatoms. The van der Waals surface area contributed by atoms with Gasteiger partial charge in [0.25, 0.3) is 11.9 Å². The van der Waals surface area contributed by atoms with Crippen LogP contribution in [0.3, 0.4) is 0 Å². The summed E-state index contributed by atoms with van der Waals surface area (Å²) in [4.78, 5) is 24.6. The Kier molecular flexibility index (Phi) is 4.16.